The van der Waals surface area contributed by atoms with Crippen molar-refractivity contribution < 1.29 is 5.11 Å². The van der Waals surface area contributed by atoms with E-state index in [4.69, 9.17) is 5.73 Å². The van der Waals surface area contributed by atoms with Gasteiger partial charge in [0, 0.05) is 5.41 Å². The number of hydrogen-bond acceptors (Lipinski definition) is 2. The molecule has 17 heavy (non-hydrogen) atoms. The molecule has 2 heteroatoms. The summed E-state index contributed by atoms with van der Waals surface area (Å²) in [4.78, 5) is 0. The lowest BCUT2D eigenvalue weighted by Gasteiger charge is -2.37. The molecule has 104 valence electrons. The zero-order valence-electron chi connectivity index (χ0n) is 12.4. The Morgan fingerprint density at radius 2 is 1.24 bits per heavy atom. The van der Waals surface area contributed by atoms with Crippen LogP contribution in [0.15, 0.2) is 0 Å². The predicted molar refractivity (Wildman–Crippen MR) is 75.8 cm³/mol. The quantitative estimate of drug-likeness (QED) is 0.446. The fourth-order valence-corrected chi connectivity index (χ4v) is 1.95. The molecule has 0 aromatic carbocycles. The molecule has 3 N–H and O–H groups in total. The Morgan fingerprint density at radius 3 is 1.65 bits per heavy atom. The first kappa shape index (κ1) is 16.9. The molecule has 0 radical (unpaired) electrons. The zero-order valence-corrected chi connectivity index (χ0v) is 12.4. The first-order chi connectivity index (χ1) is 7.81. The SMILES string of the molecule is CCCCCCCCCCC(C)(C)C(C)(N)O. The van der Waals surface area contributed by atoms with Gasteiger partial charge in [-0.2, -0.15) is 0 Å². The van der Waals surface area contributed by atoms with E-state index in [1.165, 1.54) is 51.4 Å². The van der Waals surface area contributed by atoms with Crippen molar-refractivity contribution in [2.24, 2.45) is 11.1 Å². The van der Waals surface area contributed by atoms with Crippen molar-refractivity contribution in [2.75, 3.05) is 0 Å². The maximum absolute atomic E-state index is 9.82. The topological polar surface area (TPSA) is 46.2 Å². The molecular formula is C15H33NO. The highest BCUT2D eigenvalue weighted by Crippen LogP contribution is 2.32. The molecule has 0 saturated heterocycles. The molecule has 0 aliphatic carbocycles. The molecular weight excluding hydrogens is 210 g/mol. The summed E-state index contributed by atoms with van der Waals surface area (Å²) in [7, 11) is 0. The van der Waals surface area contributed by atoms with Crippen molar-refractivity contribution in [2.45, 2.75) is 91.2 Å². The molecule has 0 saturated carbocycles. The van der Waals surface area contributed by atoms with E-state index in [1.807, 2.05) is 13.8 Å². The second-order valence-corrected chi connectivity index (χ2v) is 6.26. The van der Waals surface area contributed by atoms with E-state index >= 15 is 0 Å². The third-order valence-corrected chi connectivity index (χ3v) is 4.03. The number of rotatable bonds is 10. The summed E-state index contributed by atoms with van der Waals surface area (Å²) in [6, 6.07) is 0. The van der Waals surface area contributed by atoms with Crippen LogP contribution in [0.25, 0.3) is 0 Å². The lowest BCUT2D eigenvalue weighted by atomic mass is 9.78. The Kier molecular flexibility index (Phi) is 8.06. The van der Waals surface area contributed by atoms with Gasteiger partial charge in [-0.25, -0.2) is 0 Å². The average molecular weight is 243 g/mol. The van der Waals surface area contributed by atoms with Crippen LogP contribution in [0.1, 0.15) is 85.5 Å². The summed E-state index contributed by atoms with van der Waals surface area (Å²) in [6.45, 7) is 8.06. The maximum Gasteiger partial charge on any atom is 0.115 e. The Balaban J connectivity index is 3.46. The van der Waals surface area contributed by atoms with Crippen LogP contribution >= 0.6 is 0 Å². The van der Waals surface area contributed by atoms with E-state index in [-0.39, 0.29) is 5.41 Å². The molecule has 0 amide bonds. The monoisotopic (exact) mass is 243 g/mol. The van der Waals surface area contributed by atoms with E-state index in [1.54, 1.807) is 6.92 Å². The van der Waals surface area contributed by atoms with Crippen molar-refractivity contribution in [3.8, 4) is 0 Å². The first-order valence-corrected chi connectivity index (χ1v) is 7.32. The van der Waals surface area contributed by atoms with E-state index < -0.39 is 5.72 Å². The third-order valence-electron chi connectivity index (χ3n) is 4.03. The van der Waals surface area contributed by atoms with Crippen molar-refractivity contribution in [1.29, 1.82) is 0 Å². The van der Waals surface area contributed by atoms with Gasteiger partial charge in [0.15, 0.2) is 0 Å². The highest BCUT2D eigenvalue weighted by atomic mass is 16.3. The number of nitrogens with two attached hydrogens (primary N) is 1. The minimum atomic E-state index is -1.06. The fraction of sp³-hybridized carbons (Fsp3) is 1.00. The van der Waals surface area contributed by atoms with Crippen LogP contribution in [0.5, 0.6) is 0 Å². The Labute approximate surface area is 108 Å². The van der Waals surface area contributed by atoms with Crippen LogP contribution < -0.4 is 5.73 Å². The number of aliphatic hydroxyl groups is 1. The summed E-state index contributed by atoms with van der Waals surface area (Å²) in [5.74, 6) is 0. The first-order valence-electron chi connectivity index (χ1n) is 7.32. The van der Waals surface area contributed by atoms with E-state index in [0.717, 1.165) is 6.42 Å². The molecule has 0 spiro atoms. The molecule has 1 atom stereocenters. The number of hydrogen-bond donors (Lipinski definition) is 2. The summed E-state index contributed by atoms with van der Waals surface area (Å²) < 4.78 is 0. The standard InChI is InChI=1S/C15H33NO/c1-5-6-7-8-9-10-11-12-13-14(2,3)15(4,16)17/h17H,5-13,16H2,1-4H3. The van der Waals surface area contributed by atoms with Gasteiger partial charge < -0.3 is 10.8 Å². The van der Waals surface area contributed by atoms with Crippen molar-refractivity contribution in [3.63, 3.8) is 0 Å². The molecule has 0 aromatic heterocycles. The Hall–Kier alpha value is -0.0800. The van der Waals surface area contributed by atoms with Crippen LogP contribution in [-0.2, 0) is 0 Å². The normalized spacial score (nSPS) is 15.9. The van der Waals surface area contributed by atoms with Crippen LogP contribution in [-0.4, -0.2) is 10.8 Å². The fourth-order valence-electron chi connectivity index (χ4n) is 1.95. The largest absolute Gasteiger partial charge is 0.376 e. The summed E-state index contributed by atoms with van der Waals surface area (Å²) >= 11 is 0. The molecule has 0 fully saturated rings. The summed E-state index contributed by atoms with van der Waals surface area (Å²) in [6.07, 6.45) is 11.6. The lowest BCUT2D eigenvalue weighted by Crippen LogP contribution is -2.49. The minimum Gasteiger partial charge on any atom is -0.376 e. The number of unbranched alkanes of at least 4 members (excludes halogenated alkanes) is 7. The van der Waals surface area contributed by atoms with Gasteiger partial charge in [-0.1, -0.05) is 72.1 Å². The molecule has 0 aliphatic rings. The summed E-state index contributed by atoms with van der Waals surface area (Å²) in [5.41, 5.74) is 4.52. The van der Waals surface area contributed by atoms with Gasteiger partial charge in [0.05, 0.1) is 0 Å². The van der Waals surface area contributed by atoms with Gasteiger partial charge in [0.25, 0.3) is 0 Å². The molecule has 1 unspecified atom stereocenters. The zero-order chi connectivity index (χ0) is 13.4. The van der Waals surface area contributed by atoms with E-state index in [2.05, 4.69) is 6.92 Å². The van der Waals surface area contributed by atoms with Crippen LogP contribution in [0.4, 0.5) is 0 Å². The summed E-state index contributed by atoms with van der Waals surface area (Å²) in [5, 5.41) is 9.82. The minimum absolute atomic E-state index is 0.185. The Bertz CT molecular complexity index is 182. The van der Waals surface area contributed by atoms with Crippen LogP contribution in [0.3, 0.4) is 0 Å². The van der Waals surface area contributed by atoms with Crippen molar-refractivity contribution in [3.05, 3.63) is 0 Å². The highest BCUT2D eigenvalue weighted by molar-refractivity contribution is 4.84. The highest BCUT2D eigenvalue weighted by Gasteiger charge is 2.34. The lowest BCUT2D eigenvalue weighted by molar-refractivity contribution is -0.0514. The molecule has 0 aliphatic heterocycles. The maximum atomic E-state index is 9.82. The van der Waals surface area contributed by atoms with Gasteiger partial charge in [-0.3, -0.25) is 0 Å². The average Bonchev–Trinajstić information content (AvgIpc) is 2.20. The molecule has 0 bridgehead atoms. The predicted octanol–water partition coefficient (Wildman–Crippen LogP) is 4.21. The molecule has 0 aromatic rings. The van der Waals surface area contributed by atoms with Gasteiger partial charge >= 0.3 is 0 Å². The molecule has 0 heterocycles. The van der Waals surface area contributed by atoms with Gasteiger partial charge in [-0.05, 0) is 13.3 Å². The van der Waals surface area contributed by atoms with Crippen molar-refractivity contribution in [1.82, 2.24) is 0 Å². The van der Waals surface area contributed by atoms with Crippen molar-refractivity contribution >= 4 is 0 Å². The third kappa shape index (κ3) is 7.77. The molecule has 2 nitrogen and oxygen atoms in total. The van der Waals surface area contributed by atoms with Crippen LogP contribution in [0, 0.1) is 5.41 Å². The molecule has 0 rings (SSSR count). The van der Waals surface area contributed by atoms with Crippen LogP contribution in [0.2, 0.25) is 0 Å². The second kappa shape index (κ2) is 8.10. The second-order valence-electron chi connectivity index (χ2n) is 6.26. The van der Waals surface area contributed by atoms with Gasteiger partial charge in [0.2, 0.25) is 0 Å². The Morgan fingerprint density at radius 1 is 0.824 bits per heavy atom. The van der Waals surface area contributed by atoms with Gasteiger partial charge in [0.1, 0.15) is 5.72 Å². The smallest absolute Gasteiger partial charge is 0.115 e. The van der Waals surface area contributed by atoms with E-state index in [0.29, 0.717) is 0 Å². The van der Waals surface area contributed by atoms with Gasteiger partial charge in [-0.15, -0.1) is 0 Å². The van der Waals surface area contributed by atoms with E-state index in [9.17, 15) is 5.11 Å².